The van der Waals surface area contributed by atoms with Crippen molar-refractivity contribution < 1.29 is 14.3 Å². The van der Waals surface area contributed by atoms with Gasteiger partial charge in [-0.2, -0.15) is 0 Å². The second-order valence-corrected chi connectivity index (χ2v) is 12.8. The summed E-state index contributed by atoms with van der Waals surface area (Å²) in [7, 11) is 1.73. The van der Waals surface area contributed by atoms with Gasteiger partial charge in [-0.05, 0) is 48.1 Å². The molecule has 0 unspecified atom stereocenters. The molecule has 0 saturated carbocycles. The number of ketones is 2. The fourth-order valence-corrected chi connectivity index (χ4v) is 6.93. The van der Waals surface area contributed by atoms with E-state index in [4.69, 9.17) is 4.74 Å². The van der Waals surface area contributed by atoms with Crippen molar-refractivity contribution in [3.8, 4) is 0 Å². The summed E-state index contributed by atoms with van der Waals surface area (Å²) in [5.41, 5.74) is 6.08. The summed E-state index contributed by atoms with van der Waals surface area (Å²) >= 11 is 0. The van der Waals surface area contributed by atoms with Crippen LogP contribution < -0.4 is 0 Å². The molecule has 5 nitrogen and oxygen atoms in total. The average Bonchev–Trinajstić information content (AvgIpc) is 3.16. The van der Waals surface area contributed by atoms with Gasteiger partial charge in [-0.25, -0.2) is 0 Å². The zero-order valence-corrected chi connectivity index (χ0v) is 23.4. The van der Waals surface area contributed by atoms with Crippen molar-refractivity contribution in [2.45, 2.75) is 85.6 Å². The highest BCUT2D eigenvalue weighted by atomic mass is 16.5. The Balaban J connectivity index is 1.79. The minimum Gasteiger partial charge on any atom is -0.385 e. The first-order chi connectivity index (χ1) is 17.6. The van der Waals surface area contributed by atoms with E-state index in [0.29, 0.717) is 19.4 Å². The number of para-hydroxylation sites is 1. The number of hydrogen-bond acceptors (Lipinski definition) is 4. The van der Waals surface area contributed by atoms with E-state index in [0.717, 1.165) is 72.3 Å². The van der Waals surface area contributed by atoms with Gasteiger partial charge in [0.25, 0.3) is 0 Å². The molecule has 1 aromatic carbocycles. The normalized spacial score (nSPS) is 21.6. The molecule has 0 saturated heterocycles. The highest BCUT2D eigenvalue weighted by Crippen LogP contribution is 2.55. The Morgan fingerprint density at radius 2 is 1.49 bits per heavy atom. The molecule has 198 valence electrons. The smallest absolute Gasteiger partial charge is 0.162 e. The number of fused-ring (bicyclic) bond motifs is 1. The molecular weight excluding hydrogens is 460 g/mol. The van der Waals surface area contributed by atoms with Crippen LogP contribution in [0.3, 0.4) is 0 Å². The van der Waals surface area contributed by atoms with Crippen LogP contribution in [0, 0.1) is 10.8 Å². The first-order valence-electron chi connectivity index (χ1n) is 13.9. The van der Waals surface area contributed by atoms with Crippen molar-refractivity contribution >= 4 is 22.5 Å². The summed E-state index contributed by atoms with van der Waals surface area (Å²) in [6.07, 6.45) is 6.84. The number of ether oxygens (including phenoxy) is 1. The van der Waals surface area contributed by atoms with Crippen LogP contribution in [-0.4, -0.2) is 41.3 Å². The second kappa shape index (κ2) is 9.58. The molecule has 0 N–H and O–H groups in total. The lowest BCUT2D eigenvalue weighted by molar-refractivity contribution is -0.119. The zero-order valence-electron chi connectivity index (χ0n) is 23.4. The van der Waals surface area contributed by atoms with E-state index in [2.05, 4.69) is 74.5 Å². The van der Waals surface area contributed by atoms with Crippen molar-refractivity contribution in [3.63, 3.8) is 0 Å². The maximum atomic E-state index is 14.0. The minimum atomic E-state index is -0.293. The molecule has 2 aromatic rings. The third-order valence-electron chi connectivity index (χ3n) is 8.35. The summed E-state index contributed by atoms with van der Waals surface area (Å²) in [6.45, 7) is 13.3. The van der Waals surface area contributed by atoms with Crippen LogP contribution >= 0.6 is 0 Å². The molecule has 5 rings (SSSR count). The Labute approximate surface area is 221 Å². The molecule has 3 aliphatic rings. The molecule has 1 aromatic heterocycles. The molecule has 5 heteroatoms. The predicted molar refractivity (Wildman–Crippen MR) is 148 cm³/mol. The largest absolute Gasteiger partial charge is 0.385 e. The number of methoxy groups -OCH3 is 1. The van der Waals surface area contributed by atoms with Crippen molar-refractivity contribution in [2.75, 3.05) is 20.3 Å². The van der Waals surface area contributed by atoms with E-state index in [1.165, 1.54) is 5.52 Å². The fourth-order valence-electron chi connectivity index (χ4n) is 6.93. The minimum absolute atomic E-state index is 0.109. The standard InChI is InChI=1S/C32H42N2O3/c1-7-13-33-20-22(21-11-8-9-12-23(21)33)28-29-24(16-31(2,3)18-26(29)35)34(14-10-15-37-6)25-17-32(4,5)19-27(36)30(25)28/h8-9,11-12,20,28H,7,10,13-19H2,1-6H3. The van der Waals surface area contributed by atoms with Crippen molar-refractivity contribution in [3.05, 3.63) is 58.6 Å². The van der Waals surface area contributed by atoms with Crippen LogP contribution in [0.4, 0.5) is 0 Å². The van der Waals surface area contributed by atoms with E-state index in [1.54, 1.807) is 7.11 Å². The van der Waals surface area contributed by atoms with Gasteiger partial charge in [0.1, 0.15) is 0 Å². The second-order valence-electron chi connectivity index (χ2n) is 12.8. The summed E-state index contributed by atoms with van der Waals surface area (Å²) in [6, 6.07) is 8.48. The SMILES string of the molecule is CCCn1cc(C2C3=C(CC(C)(C)CC3=O)N(CCCOC)C3=C2C(=O)CC(C)(C)C3)c2ccccc21. The van der Waals surface area contributed by atoms with Crippen molar-refractivity contribution in [1.82, 2.24) is 9.47 Å². The Kier molecular flexibility index (Phi) is 6.72. The molecule has 2 heterocycles. The Bertz CT molecular complexity index is 1250. The molecule has 0 fully saturated rings. The van der Waals surface area contributed by atoms with Gasteiger partial charge >= 0.3 is 0 Å². The number of nitrogens with zero attached hydrogens (tertiary/aromatic N) is 2. The number of carbonyl (C=O) groups is 2. The van der Waals surface area contributed by atoms with Crippen LogP contribution in [0.25, 0.3) is 10.9 Å². The summed E-state index contributed by atoms with van der Waals surface area (Å²) in [5.74, 6) is 0.105. The molecule has 0 atom stereocenters. The van der Waals surface area contributed by atoms with Gasteiger partial charge in [0.05, 0.1) is 0 Å². The molecule has 37 heavy (non-hydrogen) atoms. The van der Waals surface area contributed by atoms with E-state index in [9.17, 15) is 9.59 Å². The van der Waals surface area contributed by atoms with Gasteiger partial charge in [0, 0.05) is 85.2 Å². The van der Waals surface area contributed by atoms with Crippen LogP contribution in [0.15, 0.2) is 53.0 Å². The lowest BCUT2D eigenvalue weighted by atomic mass is 9.63. The van der Waals surface area contributed by atoms with Crippen LogP contribution in [0.5, 0.6) is 0 Å². The van der Waals surface area contributed by atoms with Gasteiger partial charge in [-0.15, -0.1) is 0 Å². The lowest BCUT2D eigenvalue weighted by Crippen LogP contribution is -2.44. The van der Waals surface area contributed by atoms with Crippen LogP contribution in [0.1, 0.15) is 84.6 Å². The Morgan fingerprint density at radius 1 is 0.892 bits per heavy atom. The number of rotatable bonds is 7. The maximum absolute atomic E-state index is 14.0. The first-order valence-corrected chi connectivity index (χ1v) is 13.9. The molecule has 0 spiro atoms. The molecule has 0 radical (unpaired) electrons. The van der Waals surface area contributed by atoms with Crippen molar-refractivity contribution in [2.24, 2.45) is 10.8 Å². The molecule has 2 aliphatic carbocycles. The quantitative estimate of drug-likeness (QED) is 0.392. The lowest BCUT2D eigenvalue weighted by Gasteiger charge is -2.49. The number of benzene rings is 1. The summed E-state index contributed by atoms with van der Waals surface area (Å²) < 4.78 is 7.71. The number of hydrogen-bond donors (Lipinski definition) is 0. The van der Waals surface area contributed by atoms with Gasteiger partial charge in [0.2, 0.25) is 0 Å². The highest BCUT2D eigenvalue weighted by molar-refractivity contribution is 6.08. The third kappa shape index (κ3) is 4.60. The topological polar surface area (TPSA) is 51.5 Å². The summed E-state index contributed by atoms with van der Waals surface area (Å²) in [5, 5.41) is 1.16. The number of carbonyl (C=O) groups excluding carboxylic acids is 2. The van der Waals surface area contributed by atoms with Crippen LogP contribution in [-0.2, 0) is 20.9 Å². The number of aryl methyl sites for hydroxylation is 1. The first kappa shape index (κ1) is 26.0. The number of aromatic nitrogens is 1. The zero-order chi connectivity index (χ0) is 26.5. The van der Waals surface area contributed by atoms with E-state index < -0.39 is 0 Å². The van der Waals surface area contributed by atoms with Gasteiger partial charge in [0.15, 0.2) is 11.6 Å². The van der Waals surface area contributed by atoms with Gasteiger partial charge < -0.3 is 14.2 Å². The van der Waals surface area contributed by atoms with E-state index in [1.807, 2.05) is 0 Å². The van der Waals surface area contributed by atoms with Crippen molar-refractivity contribution in [1.29, 1.82) is 0 Å². The number of Topliss-reactive ketones (excluding diaryl/α,β-unsaturated/α-hetero) is 2. The van der Waals surface area contributed by atoms with E-state index in [-0.39, 0.29) is 28.3 Å². The molecular formula is C32H42N2O3. The van der Waals surface area contributed by atoms with E-state index >= 15 is 0 Å². The summed E-state index contributed by atoms with van der Waals surface area (Å²) in [4.78, 5) is 30.4. The maximum Gasteiger partial charge on any atom is 0.162 e. The molecule has 0 bridgehead atoms. The third-order valence-corrected chi connectivity index (χ3v) is 8.35. The Hall–Kier alpha value is -2.66. The fraction of sp³-hybridized carbons (Fsp3) is 0.562. The molecule has 1 aliphatic heterocycles. The number of allylic oxidation sites excluding steroid dienone is 4. The monoisotopic (exact) mass is 502 g/mol. The highest BCUT2D eigenvalue weighted by Gasteiger charge is 2.49. The molecule has 0 amide bonds. The Morgan fingerprint density at radius 3 is 2.05 bits per heavy atom. The predicted octanol–water partition coefficient (Wildman–Crippen LogP) is 6.77. The van der Waals surface area contributed by atoms with Gasteiger partial charge in [-0.1, -0.05) is 52.8 Å². The average molecular weight is 503 g/mol. The van der Waals surface area contributed by atoms with Gasteiger partial charge in [-0.3, -0.25) is 9.59 Å². The van der Waals surface area contributed by atoms with Crippen LogP contribution in [0.2, 0.25) is 0 Å².